The van der Waals surface area contributed by atoms with Crippen molar-refractivity contribution in [3.8, 4) is 0 Å². The third kappa shape index (κ3) is 4.51. The van der Waals surface area contributed by atoms with Gasteiger partial charge >= 0.3 is 0 Å². The van der Waals surface area contributed by atoms with E-state index in [1.54, 1.807) is 18.3 Å². The zero-order valence-corrected chi connectivity index (χ0v) is 9.64. The summed E-state index contributed by atoms with van der Waals surface area (Å²) in [5.41, 5.74) is 2.09. The van der Waals surface area contributed by atoms with Gasteiger partial charge in [-0.1, -0.05) is 11.6 Å². The molecular weight excluding hydrogens is 234 g/mol. The number of halogens is 1. The number of thioether (sulfide) groups is 1. The number of hydrogen-bond donors (Lipinski definition) is 2. The van der Waals surface area contributed by atoms with Crippen molar-refractivity contribution in [1.82, 2.24) is 10.4 Å². The van der Waals surface area contributed by atoms with E-state index in [0.717, 1.165) is 17.2 Å². The molecule has 0 fully saturated rings. The molecule has 0 aliphatic carbocycles. The van der Waals surface area contributed by atoms with Crippen LogP contribution in [0.1, 0.15) is 12.8 Å². The van der Waals surface area contributed by atoms with Gasteiger partial charge in [-0.3, -0.25) is 10.2 Å². The highest BCUT2D eigenvalue weighted by Crippen LogP contribution is 2.24. The lowest BCUT2D eigenvalue weighted by Gasteiger charge is -2.02. The highest BCUT2D eigenvalue weighted by molar-refractivity contribution is 7.99. The van der Waals surface area contributed by atoms with Crippen molar-refractivity contribution in [3.63, 3.8) is 0 Å². The van der Waals surface area contributed by atoms with Crippen LogP contribution in [-0.2, 0) is 4.79 Å². The van der Waals surface area contributed by atoms with Crippen LogP contribution in [0.25, 0.3) is 0 Å². The minimum Gasteiger partial charge on any atom is -0.294 e. The van der Waals surface area contributed by atoms with Gasteiger partial charge in [-0.05, 0) is 18.6 Å². The van der Waals surface area contributed by atoms with E-state index in [-0.39, 0.29) is 5.91 Å². The maximum atomic E-state index is 10.8. The normalized spacial score (nSPS) is 10.0. The Hall–Kier alpha value is -0.780. The smallest absolute Gasteiger partial charge is 0.233 e. The van der Waals surface area contributed by atoms with E-state index < -0.39 is 0 Å². The Bertz CT molecular complexity index is 335. The van der Waals surface area contributed by atoms with Crippen LogP contribution in [0, 0.1) is 0 Å². The number of aromatic nitrogens is 1. The van der Waals surface area contributed by atoms with E-state index in [1.165, 1.54) is 11.8 Å². The van der Waals surface area contributed by atoms with Crippen LogP contribution >= 0.6 is 23.4 Å². The molecule has 0 saturated carbocycles. The fourth-order valence-electron chi connectivity index (χ4n) is 0.951. The topological polar surface area (TPSA) is 68.0 Å². The molecule has 4 nitrogen and oxygen atoms in total. The number of hydrogen-bond acceptors (Lipinski definition) is 4. The zero-order chi connectivity index (χ0) is 11.1. The van der Waals surface area contributed by atoms with E-state index in [2.05, 4.69) is 10.4 Å². The van der Waals surface area contributed by atoms with Gasteiger partial charge < -0.3 is 0 Å². The summed E-state index contributed by atoms with van der Waals surface area (Å²) < 4.78 is 0. The van der Waals surface area contributed by atoms with Crippen LogP contribution in [0.15, 0.2) is 23.4 Å². The van der Waals surface area contributed by atoms with Crippen molar-refractivity contribution in [1.29, 1.82) is 0 Å². The first-order valence-corrected chi connectivity index (χ1v) is 5.83. The number of nitrogens with zero attached hydrogens (tertiary/aromatic N) is 1. The second-order valence-corrected chi connectivity index (χ2v) is 4.30. The molecule has 0 aliphatic rings. The molecule has 0 bridgehead atoms. The van der Waals surface area contributed by atoms with Gasteiger partial charge in [0.1, 0.15) is 5.03 Å². The number of carbonyl (C=O) groups is 1. The first-order chi connectivity index (χ1) is 7.24. The Morgan fingerprint density at radius 1 is 1.67 bits per heavy atom. The van der Waals surface area contributed by atoms with E-state index in [1.807, 2.05) is 0 Å². The highest BCUT2D eigenvalue weighted by atomic mass is 35.5. The molecule has 0 unspecified atom stereocenters. The third-order valence-electron chi connectivity index (χ3n) is 1.67. The van der Waals surface area contributed by atoms with Crippen molar-refractivity contribution in [3.05, 3.63) is 23.4 Å². The Morgan fingerprint density at radius 3 is 3.13 bits per heavy atom. The maximum Gasteiger partial charge on any atom is 0.233 e. The number of amides is 1. The van der Waals surface area contributed by atoms with Crippen LogP contribution in [-0.4, -0.2) is 16.6 Å². The summed E-state index contributed by atoms with van der Waals surface area (Å²) in [6, 6.07) is 3.58. The molecule has 6 heteroatoms. The molecule has 1 amide bonds. The second-order valence-electron chi connectivity index (χ2n) is 2.81. The fourth-order valence-corrected chi connectivity index (χ4v) is 2.06. The van der Waals surface area contributed by atoms with Crippen molar-refractivity contribution < 1.29 is 4.79 Å². The SMILES string of the molecule is NNC(=O)CCCSc1ncccc1Cl. The van der Waals surface area contributed by atoms with Crippen molar-refractivity contribution in [2.45, 2.75) is 17.9 Å². The Morgan fingerprint density at radius 2 is 2.47 bits per heavy atom. The zero-order valence-electron chi connectivity index (χ0n) is 8.07. The van der Waals surface area contributed by atoms with Gasteiger partial charge in [0.15, 0.2) is 0 Å². The van der Waals surface area contributed by atoms with Crippen molar-refractivity contribution in [2.75, 3.05) is 5.75 Å². The molecule has 82 valence electrons. The summed E-state index contributed by atoms with van der Waals surface area (Å²) in [4.78, 5) is 14.9. The maximum absolute atomic E-state index is 10.8. The summed E-state index contributed by atoms with van der Waals surface area (Å²) in [7, 11) is 0. The number of nitrogens with two attached hydrogens (primary N) is 1. The molecule has 1 aromatic rings. The predicted molar refractivity (Wildman–Crippen MR) is 61.5 cm³/mol. The van der Waals surface area contributed by atoms with Gasteiger partial charge in [-0.25, -0.2) is 10.8 Å². The first kappa shape index (κ1) is 12.3. The van der Waals surface area contributed by atoms with E-state index in [0.29, 0.717) is 11.4 Å². The summed E-state index contributed by atoms with van der Waals surface area (Å²) in [5, 5.41) is 1.44. The van der Waals surface area contributed by atoms with Gasteiger partial charge in [-0.2, -0.15) is 0 Å². The second kappa shape index (κ2) is 6.66. The third-order valence-corrected chi connectivity index (χ3v) is 3.18. The van der Waals surface area contributed by atoms with E-state index in [4.69, 9.17) is 17.4 Å². The molecule has 15 heavy (non-hydrogen) atoms. The average Bonchev–Trinajstić information content (AvgIpc) is 2.26. The Balaban J connectivity index is 2.26. The van der Waals surface area contributed by atoms with E-state index >= 15 is 0 Å². The molecule has 0 aromatic carbocycles. The van der Waals surface area contributed by atoms with Crippen LogP contribution in [0.5, 0.6) is 0 Å². The fraction of sp³-hybridized carbons (Fsp3) is 0.333. The standard InChI is InChI=1S/C9H12ClN3OS/c10-7-3-1-5-12-9(7)15-6-2-4-8(14)13-11/h1,3,5H,2,4,6,11H2,(H,13,14). The lowest BCUT2D eigenvalue weighted by atomic mass is 10.3. The van der Waals surface area contributed by atoms with Gasteiger partial charge in [-0.15, -0.1) is 11.8 Å². The monoisotopic (exact) mass is 245 g/mol. The number of hydrazine groups is 1. The molecule has 3 N–H and O–H groups in total. The number of carbonyl (C=O) groups excluding carboxylic acids is 1. The van der Waals surface area contributed by atoms with Gasteiger partial charge in [0.05, 0.1) is 5.02 Å². The number of nitrogens with one attached hydrogen (secondary N) is 1. The van der Waals surface area contributed by atoms with E-state index in [9.17, 15) is 4.79 Å². The number of pyridine rings is 1. The van der Waals surface area contributed by atoms with Crippen LogP contribution in [0.3, 0.4) is 0 Å². The minimum atomic E-state index is -0.150. The molecule has 0 saturated heterocycles. The predicted octanol–water partition coefficient (Wildman–Crippen LogP) is 1.60. The molecular formula is C9H12ClN3OS. The minimum absolute atomic E-state index is 0.150. The molecule has 0 aliphatic heterocycles. The lowest BCUT2D eigenvalue weighted by Crippen LogP contribution is -2.29. The molecule has 0 atom stereocenters. The molecule has 1 aromatic heterocycles. The van der Waals surface area contributed by atoms with Crippen molar-refractivity contribution in [2.24, 2.45) is 5.84 Å². The highest BCUT2D eigenvalue weighted by Gasteiger charge is 2.02. The van der Waals surface area contributed by atoms with Gasteiger partial charge in [0.2, 0.25) is 5.91 Å². The average molecular weight is 246 g/mol. The Labute approximate surface area is 97.6 Å². The molecule has 1 heterocycles. The van der Waals surface area contributed by atoms with Gasteiger partial charge in [0, 0.05) is 18.4 Å². The summed E-state index contributed by atoms with van der Waals surface area (Å²) >= 11 is 7.45. The Kier molecular flexibility index (Phi) is 5.45. The van der Waals surface area contributed by atoms with Crippen LogP contribution in [0.4, 0.5) is 0 Å². The summed E-state index contributed by atoms with van der Waals surface area (Å²) in [6.07, 6.45) is 2.87. The molecule has 0 radical (unpaired) electrons. The molecule has 0 spiro atoms. The van der Waals surface area contributed by atoms with Gasteiger partial charge in [0.25, 0.3) is 0 Å². The first-order valence-electron chi connectivity index (χ1n) is 4.47. The largest absolute Gasteiger partial charge is 0.294 e. The van der Waals surface area contributed by atoms with Crippen LogP contribution < -0.4 is 11.3 Å². The summed E-state index contributed by atoms with van der Waals surface area (Å²) in [5.74, 6) is 5.60. The molecule has 1 rings (SSSR count). The number of rotatable bonds is 5. The van der Waals surface area contributed by atoms with Crippen LogP contribution in [0.2, 0.25) is 5.02 Å². The lowest BCUT2D eigenvalue weighted by molar-refractivity contribution is -0.121. The quantitative estimate of drug-likeness (QED) is 0.272. The summed E-state index contributed by atoms with van der Waals surface area (Å²) in [6.45, 7) is 0. The van der Waals surface area contributed by atoms with Crippen molar-refractivity contribution >= 4 is 29.3 Å².